The lowest BCUT2D eigenvalue weighted by molar-refractivity contribution is 1.19. The van der Waals surface area contributed by atoms with Crippen molar-refractivity contribution in [2.24, 2.45) is 5.73 Å². The van der Waals surface area contributed by atoms with Gasteiger partial charge in [-0.3, -0.25) is 0 Å². The Bertz CT molecular complexity index is 600. The smallest absolute Gasteiger partial charge is 0.106 e. The number of anilines is 1. The Hall–Kier alpha value is -1.10. The minimum absolute atomic E-state index is 0.351. The van der Waals surface area contributed by atoms with Gasteiger partial charge in [-0.2, -0.15) is 0 Å². The molecule has 2 rings (SSSR count). The quantitative estimate of drug-likeness (QED) is 0.828. The standard InChI is InChI=1S/C14H15ClN2S2/c1-8-5-11(19-9(8)2)7-17-13-4-3-10(15)6-12(13)14(16)18/h3-6,17H,7H2,1-2H3,(H2,16,18). The van der Waals surface area contributed by atoms with Crippen LogP contribution in [0.5, 0.6) is 0 Å². The van der Waals surface area contributed by atoms with Crippen molar-refractivity contribution in [2.45, 2.75) is 20.4 Å². The molecule has 1 heterocycles. The van der Waals surface area contributed by atoms with Gasteiger partial charge in [-0.05, 0) is 43.7 Å². The molecule has 0 aliphatic rings. The van der Waals surface area contributed by atoms with Crippen molar-refractivity contribution in [1.29, 1.82) is 0 Å². The highest BCUT2D eigenvalue weighted by Gasteiger charge is 2.07. The number of thiocarbonyl (C=S) groups is 1. The molecule has 0 aliphatic carbocycles. The van der Waals surface area contributed by atoms with Crippen molar-refractivity contribution in [3.05, 3.63) is 50.2 Å². The van der Waals surface area contributed by atoms with E-state index in [1.807, 2.05) is 12.1 Å². The highest BCUT2D eigenvalue weighted by atomic mass is 35.5. The number of rotatable bonds is 4. The minimum atomic E-state index is 0.351. The van der Waals surface area contributed by atoms with Crippen molar-refractivity contribution in [3.63, 3.8) is 0 Å². The summed E-state index contributed by atoms with van der Waals surface area (Å²) in [4.78, 5) is 2.99. The molecule has 0 spiro atoms. The van der Waals surface area contributed by atoms with Crippen molar-refractivity contribution >= 4 is 45.8 Å². The first-order chi connectivity index (χ1) is 8.97. The first-order valence-corrected chi connectivity index (χ1v) is 7.47. The zero-order chi connectivity index (χ0) is 14.0. The zero-order valence-electron chi connectivity index (χ0n) is 10.8. The number of benzene rings is 1. The fourth-order valence-corrected chi connectivity index (χ4v) is 3.13. The molecular weight excluding hydrogens is 296 g/mol. The largest absolute Gasteiger partial charge is 0.389 e. The fourth-order valence-electron chi connectivity index (χ4n) is 1.79. The van der Waals surface area contributed by atoms with E-state index in [1.54, 1.807) is 17.4 Å². The number of thiophene rings is 1. The molecule has 100 valence electrons. The van der Waals surface area contributed by atoms with Gasteiger partial charge in [-0.25, -0.2) is 0 Å². The van der Waals surface area contributed by atoms with Crippen molar-refractivity contribution < 1.29 is 0 Å². The van der Waals surface area contributed by atoms with Gasteiger partial charge in [0.25, 0.3) is 0 Å². The number of nitrogens with one attached hydrogen (secondary N) is 1. The molecule has 0 saturated carbocycles. The molecule has 0 atom stereocenters. The van der Waals surface area contributed by atoms with Gasteiger partial charge in [0.15, 0.2) is 0 Å². The Morgan fingerprint density at radius 3 is 2.68 bits per heavy atom. The molecule has 0 saturated heterocycles. The van der Waals surface area contributed by atoms with Crippen molar-refractivity contribution in [1.82, 2.24) is 0 Å². The Kier molecular flexibility index (Phi) is 4.45. The van der Waals surface area contributed by atoms with E-state index in [4.69, 9.17) is 29.6 Å². The second-order valence-corrected chi connectivity index (χ2v) is 6.58. The summed E-state index contributed by atoms with van der Waals surface area (Å²) in [5.74, 6) is 0. The van der Waals surface area contributed by atoms with E-state index in [0.29, 0.717) is 10.0 Å². The summed E-state index contributed by atoms with van der Waals surface area (Å²) in [5.41, 5.74) is 8.74. The molecule has 0 bridgehead atoms. The van der Waals surface area contributed by atoms with Crippen molar-refractivity contribution in [3.8, 4) is 0 Å². The number of hydrogen-bond acceptors (Lipinski definition) is 3. The van der Waals surface area contributed by atoms with Crippen LogP contribution < -0.4 is 11.1 Å². The average molecular weight is 311 g/mol. The summed E-state index contributed by atoms with van der Waals surface area (Å²) in [6.07, 6.45) is 0. The number of hydrogen-bond donors (Lipinski definition) is 2. The lowest BCUT2D eigenvalue weighted by Crippen LogP contribution is -2.13. The summed E-state index contributed by atoms with van der Waals surface area (Å²) in [6, 6.07) is 7.72. The zero-order valence-corrected chi connectivity index (χ0v) is 13.2. The fraction of sp³-hybridized carbons (Fsp3) is 0.214. The van der Waals surface area contributed by atoms with Gasteiger partial charge in [-0.15, -0.1) is 11.3 Å². The van der Waals surface area contributed by atoms with Gasteiger partial charge in [0.2, 0.25) is 0 Å². The lowest BCUT2D eigenvalue weighted by Gasteiger charge is -2.10. The van der Waals surface area contributed by atoms with E-state index in [1.165, 1.54) is 15.3 Å². The molecule has 19 heavy (non-hydrogen) atoms. The van der Waals surface area contributed by atoms with Gasteiger partial charge < -0.3 is 11.1 Å². The van der Waals surface area contributed by atoms with Gasteiger partial charge in [0.05, 0.1) is 0 Å². The van der Waals surface area contributed by atoms with Gasteiger partial charge in [-0.1, -0.05) is 23.8 Å². The summed E-state index contributed by atoms with van der Waals surface area (Å²) < 4.78 is 0. The van der Waals surface area contributed by atoms with Crippen LogP contribution in [0.15, 0.2) is 24.3 Å². The van der Waals surface area contributed by atoms with Crippen LogP contribution in [-0.2, 0) is 6.54 Å². The van der Waals surface area contributed by atoms with Crippen LogP contribution in [-0.4, -0.2) is 4.99 Å². The Morgan fingerprint density at radius 2 is 2.11 bits per heavy atom. The second-order valence-electron chi connectivity index (χ2n) is 4.36. The van der Waals surface area contributed by atoms with Crippen LogP contribution in [0.1, 0.15) is 20.9 Å². The molecule has 5 heteroatoms. The number of nitrogens with two attached hydrogens (primary N) is 1. The molecule has 1 aromatic heterocycles. The predicted molar refractivity (Wildman–Crippen MR) is 88.5 cm³/mol. The topological polar surface area (TPSA) is 38.0 Å². The van der Waals surface area contributed by atoms with Crippen LogP contribution >= 0.6 is 35.2 Å². The maximum atomic E-state index is 5.96. The van der Waals surface area contributed by atoms with Crippen LogP contribution in [0.2, 0.25) is 5.02 Å². The predicted octanol–water partition coefficient (Wildman–Crippen LogP) is 4.26. The molecule has 0 amide bonds. The van der Waals surface area contributed by atoms with Gasteiger partial charge in [0.1, 0.15) is 4.99 Å². The monoisotopic (exact) mass is 310 g/mol. The Labute approximate surface area is 127 Å². The second kappa shape index (κ2) is 5.90. The maximum Gasteiger partial charge on any atom is 0.106 e. The van der Waals surface area contributed by atoms with E-state index in [2.05, 4.69) is 25.2 Å². The normalized spacial score (nSPS) is 10.5. The minimum Gasteiger partial charge on any atom is -0.389 e. The molecule has 0 unspecified atom stereocenters. The summed E-state index contributed by atoms with van der Waals surface area (Å²) >= 11 is 12.8. The van der Waals surface area contributed by atoms with E-state index in [0.717, 1.165) is 17.8 Å². The van der Waals surface area contributed by atoms with Gasteiger partial charge >= 0.3 is 0 Å². The third-order valence-corrected chi connectivity index (χ3v) is 4.52. The molecular formula is C14H15ClN2S2. The molecule has 2 aromatic rings. The highest BCUT2D eigenvalue weighted by Crippen LogP contribution is 2.24. The van der Waals surface area contributed by atoms with E-state index in [-0.39, 0.29) is 0 Å². The molecule has 2 nitrogen and oxygen atoms in total. The summed E-state index contributed by atoms with van der Waals surface area (Å²) in [5, 5.41) is 4.00. The SMILES string of the molecule is Cc1cc(CNc2ccc(Cl)cc2C(N)=S)sc1C. The van der Waals surface area contributed by atoms with E-state index < -0.39 is 0 Å². The van der Waals surface area contributed by atoms with Crippen LogP contribution in [0.25, 0.3) is 0 Å². The van der Waals surface area contributed by atoms with Crippen LogP contribution in [0, 0.1) is 13.8 Å². The summed E-state index contributed by atoms with van der Waals surface area (Å²) in [7, 11) is 0. The molecule has 3 N–H and O–H groups in total. The first-order valence-electron chi connectivity index (χ1n) is 5.86. The number of aryl methyl sites for hydroxylation is 2. The molecule has 0 radical (unpaired) electrons. The Balaban J connectivity index is 2.17. The average Bonchev–Trinajstić information content (AvgIpc) is 2.67. The van der Waals surface area contributed by atoms with Crippen LogP contribution in [0.4, 0.5) is 5.69 Å². The third-order valence-electron chi connectivity index (χ3n) is 2.92. The molecule has 0 aliphatic heterocycles. The Morgan fingerprint density at radius 1 is 1.37 bits per heavy atom. The van der Waals surface area contributed by atoms with Crippen LogP contribution in [0.3, 0.4) is 0 Å². The van der Waals surface area contributed by atoms with Gasteiger partial charge in [0, 0.05) is 32.6 Å². The third kappa shape index (κ3) is 3.47. The van der Waals surface area contributed by atoms with E-state index >= 15 is 0 Å². The van der Waals surface area contributed by atoms with E-state index in [9.17, 15) is 0 Å². The first kappa shape index (κ1) is 14.3. The molecule has 1 aromatic carbocycles. The number of halogens is 1. The summed E-state index contributed by atoms with van der Waals surface area (Å²) in [6.45, 7) is 5.01. The highest BCUT2D eigenvalue weighted by molar-refractivity contribution is 7.80. The molecule has 0 fully saturated rings. The maximum absolute atomic E-state index is 5.96. The van der Waals surface area contributed by atoms with Crippen molar-refractivity contribution in [2.75, 3.05) is 5.32 Å². The lowest BCUT2D eigenvalue weighted by atomic mass is 10.1.